The highest BCUT2D eigenvalue weighted by Gasteiger charge is 2.49. The third-order valence-corrected chi connectivity index (χ3v) is 4.99. The van der Waals surface area contributed by atoms with Crippen molar-refractivity contribution in [2.45, 2.75) is 6.17 Å². The number of fused-ring (bicyclic) bond motifs is 1. The molecule has 1 amide bonds. The predicted molar refractivity (Wildman–Crippen MR) is 104 cm³/mol. The number of carbonyl (C=O) groups is 1. The van der Waals surface area contributed by atoms with E-state index in [9.17, 15) is 14.4 Å². The third-order valence-electron chi connectivity index (χ3n) is 4.99. The summed E-state index contributed by atoms with van der Waals surface area (Å²) in [4.78, 5) is 17.7. The van der Waals surface area contributed by atoms with Crippen LogP contribution >= 0.6 is 0 Å². The first-order valence-electron chi connectivity index (χ1n) is 8.72. The number of carbonyl (C=O) groups excluding carboxylic acids is 1. The number of rotatable bonds is 2. The van der Waals surface area contributed by atoms with Crippen LogP contribution in [0.25, 0.3) is 0 Å². The SMILES string of the molecule is C[N+]1(c2cccc[n+]2[O-])C(=O)C(N)N=C(c2ccccc2F)c2ccccc21. The van der Waals surface area contributed by atoms with Crippen molar-refractivity contribution in [3.8, 4) is 0 Å². The van der Waals surface area contributed by atoms with Gasteiger partial charge in [0.15, 0.2) is 11.9 Å². The number of aliphatic imine (C=N–C) groups is 1. The van der Waals surface area contributed by atoms with Gasteiger partial charge in [0.1, 0.15) is 5.82 Å². The molecule has 2 atom stereocenters. The van der Waals surface area contributed by atoms with Crippen molar-refractivity contribution in [2.75, 3.05) is 7.05 Å². The summed E-state index contributed by atoms with van der Waals surface area (Å²) in [7, 11) is 1.60. The van der Waals surface area contributed by atoms with E-state index >= 15 is 0 Å². The number of benzene rings is 2. The zero-order valence-electron chi connectivity index (χ0n) is 15.1. The number of para-hydroxylation sites is 1. The number of likely N-dealkylation sites (N-methyl/N-ethyl adjacent to an activating group) is 1. The van der Waals surface area contributed by atoms with Gasteiger partial charge in [0.25, 0.3) is 0 Å². The van der Waals surface area contributed by atoms with Crippen LogP contribution in [0.4, 0.5) is 15.9 Å². The van der Waals surface area contributed by atoms with Gasteiger partial charge in [-0.3, -0.25) is 10.7 Å². The van der Waals surface area contributed by atoms with E-state index in [2.05, 4.69) is 4.99 Å². The molecule has 4 rings (SSSR count). The molecular formula is C21H18FN4O2+. The number of benzodiazepines with no additional fused rings is 1. The van der Waals surface area contributed by atoms with Gasteiger partial charge in [-0.25, -0.2) is 9.18 Å². The molecule has 3 aromatic rings. The summed E-state index contributed by atoms with van der Waals surface area (Å²) in [5.41, 5.74) is 7.68. The van der Waals surface area contributed by atoms with Crippen LogP contribution in [-0.2, 0) is 4.79 Å². The van der Waals surface area contributed by atoms with E-state index in [1.54, 1.807) is 67.7 Å². The lowest BCUT2D eigenvalue weighted by Crippen LogP contribution is -2.57. The van der Waals surface area contributed by atoms with Gasteiger partial charge in [-0.1, -0.05) is 24.3 Å². The Morgan fingerprint density at radius 2 is 1.68 bits per heavy atom. The first kappa shape index (κ1) is 18.0. The van der Waals surface area contributed by atoms with E-state index in [1.165, 1.54) is 12.3 Å². The number of hydrogen-bond donors (Lipinski definition) is 1. The monoisotopic (exact) mass is 377 g/mol. The van der Waals surface area contributed by atoms with Crippen molar-refractivity contribution in [3.63, 3.8) is 0 Å². The van der Waals surface area contributed by atoms with Gasteiger partial charge in [-0.15, -0.1) is 9.21 Å². The lowest BCUT2D eigenvalue weighted by Gasteiger charge is -2.28. The molecule has 6 nitrogen and oxygen atoms in total. The van der Waals surface area contributed by atoms with E-state index in [4.69, 9.17) is 5.73 Å². The maximum Gasteiger partial charge on any atom is 0.392 e. The topological polar surface area (TPSA) is 82.4 Å². The fourth-order valence-corrected chi connectivity index (χ4v) is 3.58. The van der Waals surface area contributed by atoms with Crippen molar-refractivity contribution in [1.29, 1.82) is 0 Å². The summed E-state index contributed by atoms with van der Waals surface area (Å²) in [6.45, 7) is 0. The van der Waals surface area contributed by atoms with Crippen LogP contribution < -0.4 is 14.9 Å². The normalized spacial score (nSPS) is 21.6. The Morgan fingerprint density at radius 3 is 2.39 bits per heavy atom. The summed E-state index contributed by atoms with van der Waals surface area (Å²) in [5.74, 6) is -0.777. The largest absolute Gasteiger partial charge is 0.614 e. The van der Waals surface area contributed by atoms with Gasteiger partial charge in [0.2, 0.25) is 6.17 Å². The van der Waals surface area contributed by atoms with Gasteiger partial charge in [-0.2, -0.15) is 0 Å². The van der Waals surface area contributed by atoms with Crippen LogP contribution in [0, 0.1) is 11.0 Å². The summed E-state index contributed by atoms with van der Waals surface area (Å²) in [6, 6.07) is 18.0. The number of pyridine rings is 1. The zero-order chi connectivity index (χ0) is 19.9. The average molecular weight is 377 g/mol. The minimum absolute atomic E-state index is 0.181. The molecule has 0 saturated heterocycles. The summed E-state index contributed by atoms with van der Waals surface area (Å²) in [6.07, 6.45) is 0.0521. The van der Waals surface area contributed by atoms with Crippen molar-refractivity contribution in [2.24, 2.45) is 10.7 Å². The molecule has 2 N–H and O–H groups in total. The lowest BCUT2D eigenvalue weighted by atomic mass is 9.99. The van der Waals surface area contributed by atoms with Crippen molar-refractivity contribution >= 4 is 23.1 Å². The number of amides is 1. The molecule has 2 aromatic carbocycles. The number of nitrogens with zero attached hydrogens (tertiary/aromatic N) is 3. The predicted octanol–water partition coefficient (Wildman–Crippen LogP) is 2.39. The quantitative estimate of drug-likeness (QED) is 0.423. The van der Waals surface area contributed by atoms with Crippen LogP contribution in [-0.4, -0.2) is 24.8 Å². The molecular weight excluding hydrogens is 359 g/mol. The Balaban J connectivity index is 2.05. The molecule has 2 heterocycles. The molecule has 0 spiro atoms. The van der Waals surface area contributed by atoms with Gasteiger partial charge >= 0.3 is 11.7 Å². The van der Waals surface area contributed by atoms with Crippen LogP contribution in [0.2, 0.25) is 0 Å². The Labute approximate surface area is 161 Å². The second-order valence-electron chi connectivity index (χ2n) is 6.65. The Kier molecular flexibility index (Phi) is 4.26. The fraction of sp³-hybridized carbons (Fsp3) is 0.0952. The minimum atomic E-state index is -1.27. The van der Waals surface area contributed by atoms with Gasteiger partial charge in [0.05, 0.1) is 24.4 Å². The first-order chi connectivity index (χ1) is 13.4. The van der Waals surface area contributed by atoms with Gasteiger partial charge in [0, 0.05) is 17.7 Å². The fourth-order valence-electron chi connectivity index (χ4n) is 3.58. The number of halogens is 1. The van der Waals surface area contributed by atoms with Crippen molar-refractivity contribution in [3.05, 3.63) is 95.1 Å². The summed E-state index contributed by atoms with van der Waals surface area (Å²) >= 11 is 0. The van der Waals surface area contributed by atoms with Gasteiger partial charge in [-0.05, 0) is 24.3 Å². The Bertz CT molecular complexity index is 1110. The second kappa shape index (κ2) is 6.63. The number of hydrogen-bond acceptors (Lipinski definition) is 4. The Hall–Kier alpha value is -3.42. The molecule has 0 saturated carbocycles. The Morgan fingerprint density at radius 1 is 1.04 bits per heavy atom. The highest BCUT2D eigenvalue weighted by molar-refractivity contribution is 6.19. The molecule has 0 radical (unpaired) electrons. The van der Waals surface area contributed by atoms with Crippen molar-refractivity contribution in [1.82, 2.24) is 4.48 Å². The maximum absolute atomic E-state index is 14.5. The highest BCUT2D eigenvalue weighted by atomic mass is 19.1. The molecule has 140 valence electrons. The lowest BCUT2D eigenvalue weighted by molar-refractivity contribution is -0.597. The highest BCUT2D eigenvalue weighted by Crippen LogP contribution is 2.37. The zero-order valence-corrected chi connectivity index (χ0v) is 15.1. The van der Waals surface area contributed by atoms with E-state index in [0.29, 0.717) is 16.0 Å². The molecule has 0 bridgehead atoms. The van der Waals surface area contributed by atoms with Gasteiger partial charge < -0.3 is 5.21 Å². The first-order valence-corrected chi connectivity index (χ1v) is 8.72. The van der Waals surface area contributed by atoms with Crippen LogP contribution in [0.5, 0.6) is 0 Å². The third kappa shape index (κ3) is 2.60. The smallest absolute Gasteiger partial charge is 0.392 e. The molecule has 7 heteroatoms. The van der Waals surface area contributed by atoms with E-state index in [-0.39, 0.29) is 17.1 Å². The molecule has 2 unspecified atom stereocenters. The van der Waals surface area contributed by atoms with Crippen LogP contribution in [0.1, 0.15) is 11.1 Å². The van der Waals surface area contributed by atoms with E-state index < -0.39 is 22.4 Å². The molecule has 1 aliphatic rings. The molecule has 0 fully saturated rings. The molecule has 1 aromatic heterocycles. The summed E-state index contributed by atoms with van der Waals surface area (Å²) in [5, 5.41) is 12.5. The number of nitrogens with two attached hydrogens (primary N) is 1. The number of quaternary nitrogens is 1. The minimum Gasteiger partial charge on any atom is -0.614 e. The standard InChI is InChI=1S/C21H18FN4O2/c1-26(18-12-6-7-13-25(18)28)17-11-5-3-9-15(17)19(24-20(23)21(26)27)14-8-2-4-10-16(14)22/h2-13,20H,23H2,1H3/q+1. The molecule has 0 aliphatic carbocycles. The van der Waals surface area contributed by atoms with E-state index in [0.717, 1.165) is 0 Å². The van der Waals surface area contributed by atoms with Crippen molar-refractivity contribution < 1.29 is 13.9 Å². The molecule has 1 aliphatic heterocycles. The number of aromatic nitrogens is 1. The second-order valence-corrected chi connectivity index (χ2v) is 6.65. The summed E-state index contributed by atoms with van der Waals surface area (Å²) < 4.78 is 14.7. The maximum atomic E-state index is 14.5. The van der Waals surface area contributed by atoms with Crippen LogP contribution in [0.3, 0.4) is 0 Å². The average Bonchev–Trinajstić information content (AvgIpc) is 2.79. The van der Waals surface area contributed by atoms with Crippen LogP contribution in [0.15, 0.2) is 77.9 Å². The van der Waals surface area contributed by atoms with E-state index in [1.807, 2.05) is 0 Å². The molecule has 28 heavy (non-hydrogen) atoms.